The van der Waals surface area contributed by atoms with Crippen LogP contribution in [0.3, 0.4) is 0 Å². The molecule has 0 amide bonds. The minimum Gasteiger partial charge on any atom is -0.337 e. The molecule has 5 nitrogen and oxygen atoms in total. The summed E-state index contributed by atoms with van der Waals surface area (Å²) < 4.78 is 0. The van der Waals surface area contributed by atoms with Crippen LogP contribution in [0.5, 0.6) is 0 Å². The average Bonchev–Trinajstić information content (AvgIpc) is 2.96. The van der Waals surface area contributed by atoms with Crippen molar-refractivity contribution < 1.29 is 0 Å². The number of hydrogen-bond acceptors (Lipinski definition) is 4. The summed E-state index contributed by atoms with van der Waals surface area (Å²) >= 11 is 0. The Hall–Kier alpha value is -2.95. The molecule has 0 aliphatic heterocycles. The first-order valence-electron chi connectivity index (χ1n) is 7.57. The van der Waals surface area contributed by atoms with E-state index in [1.807, 2.05) is 26.0 Å². The zero-order chi connectivity index (χ0) is 16.0. The van der Waals surface area contributed by atoms with Crippen LogP contribution in [0.4, 0.5) is 11.5 Å². The van der Waals surface area contributed by atoms with E-state index in [1.54, 1.807) is 6.20 Å². The van der Waals surface area contributed by atoms with Crippen LogP contribution in [0.25, 0.3) is 21.8 Å². The Bertz CT molecular complexity index is 1030. The molecule has 0 fully saturated rings. The Morgan fingerprint density at radius 2 is 1.87 bits per heavy atom. The molecule has 5 heteroatoms. The molecule has 0 radical (unpaired) electrons. The Labute approximate surface area is 133 Å². The predicted octanol–water partition coefficient (Wildman–Crippen LogP) is 4.17. The van der Waals surface area contributed by atoms with Gasteiger partial charge in [0.15, 0.2) is 5.82 Å². The molecule has 4 rings (SSSR count). The number of nitrogens with zero attached hydrogens (tertiary/aromatic N) is 3. The van der Waals surface area contributed by atoms with Gasteiger partial charge in [-0.05, 0) is 56.0 Å². The maximum absolute atomic E-state index is 4.60. The summed E-state index contributed by atoms with van der Waals surface area (Å²) in [6.07, 6.45) is 1.77. The van der Waals surface area contributed by atoms with Gasteiger partial charge in [-0.25, -0.2) is 0 Å². The summed E-state index contributed by atoms with van der Waals surface area (Å²) in [4.78, 5) is 8.98. The normalized spacial score (nSPS) is 11.3. The van der Waals surface area contributed by atoms with Gasteiger partial charge in [-0.1, -0.05) is 6.07 Å². The van der Waals surface area contributed by atoms with Gasteiger partial charge in [0, 0.05) is 28.7 Å². The molecule has 0 bridgehead atoms. The van der Waals surface area contributed by atoms with Crippen LogP contribution in [-0.2, 0) is 0 Å². The Morgan fingerprint density at radius 1 is 1.00 bits per heavy atom. The largest absolute Gasteiger partial charge is 0.337 e. The maximum Gasteiger partial charge on any atom is 0.178 e. The number of anilines is 2. The van der Waals surface area contributed by atoms with Gasteiger partial charge in [-0.15, -0.1) is 0 Å². The molecule has 1 aromatic carbocycles. The first-order chi connectivity index (χ1) is 11.1. The van der Waals surface area contributed by atoms with Crippen LogP contribution in [0.1, 0.15) is 17.0 Å². The second-order valence-corrected chi connectivity index (χ2v) is 5.76. The van der Waals surface area contributed by atoms with Crippen molar-refractivity contribution in [2.24, 2.45) is 0 Å². The fourth-order valence-corrected chi connectivity index (χ4v) is 2.92. The van der Waals surface area contributed by atoms with Gasteiger partial charge >= 0.3 is 0 Å². The van der Waals surface area contributed by atoms with Crippen LogP contribution >= 0.6 is 0 Å². The topological polar surface area (TPSA) is 66.5 Å². The van der Waals surface area contributed by atoms with Crippen LogP contribution < -0.4 is 5.32 Å². The lowest BCUT2D eigenvalue weighted by Crippen LogP contribution is -1.96. The van der Waals surface area contributed by atoms with E-state index in [0.29, 0.717) is 0 Å². The van der Waals surface area contributed by atoms with Gasteiger partial charge < -0.3 is 5.32 Å². The molecule has 3 heterocycles. The molecule has 0 aliphatic carbocycles. The Morgan fingerprint density at radius 3 is 2.74 bits per heavy atom. The van der Waals surface area contributed by atoms with E-state index in [4.69, 9.17) is 0 Å². The van der Waals surface area contributed by atoms with Gasteiger partial charge in [-0.2, -0.15) is 5.10 Å². The van der Waals surface area contributed by atoms with E-state index < -0.39 is 0 Å². The number of H-pyrrole nitrogens is 1. The molecule has 0 aliphatic rings. The van der Waals surface area contributed by atoms with E-state index >= 15 is 0 Å². The van der Waals surface area contributed by atoms with Gasteiger partial charge in [0.05, 0.1) is 5.52 Å². The lowest BCUT2D eigenvalue weighted by molar-refractivity contribution is 1.12. The van der Waals surface area contributed by atoms with Gasteiger partial charge in [0.1, 0.15) is 5.52 Å². The van der Waals surface area contributed by atoms with Crippen LogP contribution in [0.2, 0.25) is 0 Å². The molecule has 0 atom stereocenters. The van der Waals surface area contributed by atoms with Crippen LogP contribution in [-0.4, -0.2) is 20.2 Å². The lowest BCUT2D eigenvalue weighted by atomic mass is 10.0. The summed E-state index contributed by atoms with van der Waals surface area (Å²) in [5.74, 6) is 0.736. The molecule has 23 heavy (non-hydrogen) atoms. The first-order valence-corrected chi connectivity index (χ1v) is 7.57. The Balaban J connectivity index is 1.82. The summed E-state index contributed by atoms with van der Waals surface area (Å²) in [7, 11) is 0. The van der Waals surface area contributed by atoms with Crippen molar-refractivity contribution in [3.63, 3.8) is 0 Å². The van der Waals surface area contributed by atoms with Crippen molar-refractivity contribution in [2.75, 3.05) is 5.32 Å². The molecule has 3 aromatic heterocycles. The lowest BCUT2D eigenvalue weighted by Gasteiger charge is -2.11. The number of rotatable bonds is 2. The molecule has 0 unspecified atom stereocenters. The Kier molecular flexibility index (Phi) is 3.01. The molecule has 114 valence electrons. The van der Waals surface area contributed by atoms with E-state index in [-0.39, 0.29) is 0 Å². The van der Waals surface area contributed by atoms with Crippen molar-refractivity contribution in [1.29, 1.82) is 0 Å². The van der Waals surface area contributed by atoms with Crippen molar-refractivity contribution in [2.45, 2.75) is 20.8 Å². The number of pyridine rings is 2. The van der Waals surface area contributed by atoms with E-state index in [0.717, 1.165) is 33.9 Å². The zero-order valence-electron chi connectivity index (χ0n) is 13.3. The van der Waals surface area contributed by atoms with Crippen LogP contribution in [0, 0.1) is 20.8 Å². The zero-order valence-corrected chi connectivity index (χ0v) is 13.3. The SMILES string of the molecule is Cc1nc(C)c2ccc(Nc3n[nH]c4cccnc34)cc2c1C. The fourth-order valence-electron chi connectivity index (χ4n) is 2.92. The molecular formula is C18H17N5. The molecule has 0 saturated carbocycles. The van der Waals surface area contributed by atoms with Crippen molar-refractivity contribution in [1.82, 2.24) is 20.2 Å². The first kappa shape index (κ1) is 13.7. The molecule has 0 spiro atoms. The standard InChI is InChI=1S/C18H17N5/c1-10-11(2)20-12(3)14-7-6-13(9-15(10)14)21-18-17-16(22-23-18)5-4-8-19-17/h4-9H,1-3H3,(H2,21,22,23). The average molecular weight is 303 g/mol. The van der Waals surface area contributed by atoms with Crippen molar-refractivity contribution in [3.05, 3.63) is 53.5 Å². The van der Waals surface area contributed by atoms with E-state index in [1.165, 1.54) is 16.3 Å². The third kappa shape index (κ3) is 2.21. The van der Waals surface area contributed by atoms with E-state index in [9.17, 15) is 0 Å². The van der Waals surface area contributed by atoms with Crippen LogP contribution in [0.15, 0.2) is 36.5 Å². The third-order valence-electron chi connectivity index (χ3n) is 4.27. The predicted molar refractivity (Wildman–Crippen MR) is 93.1 cm³/mol. The van der Waals surface area contributed by atoms with Gasteiger partial charge in [0.25, 0.3) is 0 Å². The second kappa shape index (κ2) is 5.05. The van der Waals surface area contributed by atoms with Gasteiger partial charge in [0.2, 0.25) is 0 Å². The summed E-state index contributed by atoms with van der Waals surface area (Å²) in [5.41, 5.74) is 6.08. The highest BCUT2D eigenvalue weighted by Gasteiger charge is 2.09. The molecule has 2 N–H and O–H groups in total. The number of aromatic nitrogens is 4. The number of hydrogen-bond donors (Lipinski definition) is 2. The number of aryl methyl sites for hydroxylation is 3. The quantitative estimate of drug-likeness (QED) is 0.583. The minimum absolute atomic E-state index is 0.736. The summed E-state index contributed by atoms with van der Waals surface area (Å²) in [5, 5.41) is 13.1. The molecule has 4 aromatic rings. The molecular weight excluding hydrogens is 286 g/mol. The van der Waals surface area contributed by atoms with Gasteiger partial charge in [-0.3, -0.25) is 15.1 Å². The summed E-state index contributed by atoms with van der Waals surface area (Å²) in [6.45, 7) is 6.21. The highest BCUT2D eigenvalue weighted by molar-refractivity contribution is 5.93. The smallest absolute Gasteiger partial charge is 0.178 e. The number of benzene rings is 1. The number of fused-ring (bicyclic) bond motifs is 2. The highest BCUT2D eigenvalue weighted by atomic mass is 15.2. The number of nitrogens with one attached hydrogen (secondary N) is 2. The van der Waals surface area contributed by atoms with Crippen molar-refractivity contribution >= 4 is 33.3 Å². The molecule has 0 saturated heterocycles. The number of aromatic amines is 1. The maximum atomic E-state index is 4.60. The third-order valence-corrected chi connectivity index (χ3v) is 4.27. The summed E-state index contributed by atoms with van der Waals surface area (Å²) in [6, 6.07) is 10.2. The van der Waals surface area contributed by atoms with E-state index in [2.05, 4.69) is 50.6 Å². The monoisotopic (exact) mass is 303 g/mol. The minimum atomic E-state index is 0.736. The second-order valence-electron chi connectivity index (χ2n) is 5.76. The fraction of sp³-hybridized carbons (Fsp3) is 0.167. The van der Waals surface area contributed by atoms with Crippen molar-refractivity contribution in [3.8, 4) is 0 Å². The highest BCUT2D eigenvalue weighted by Crippen LogP contribution is 2.28.